The van der Waals surface area contributed by atoms with E-state index in [1.54, 1.807) is 4.90 Å². The maximum atomic E-state index is 12.7. The number of nitrogens with one attached hydrogen (secondary N) is 1. The summed E-state index contributed by atoms with van der Waals surface area (Å²) >= 11 is 0. The molecule has 1 aromatic carbocycles. The number of para-hydroxylation sites is 2. The van der Waals surface area contributed by atoms with Gasteiger partial charge in [0.05, 0.1) is 30.1 Å². The summed E-state index contributed by atoms with van der Waals surface area (Å²) in [6.07, 6.45) is 0.238. The lowest BCUT2D eigenvalue weighted by molar-refractivity contribution is -0.125. The van der Waals surface area contributed by atoms with Gasteiger partial charge in [-0.25, -0.2) is 0 Å². The van der Waals surface area contributed by atoms with Crippen LogP contribution < -0.4 is 10.2 Å². The van der Waals surface area contributed by atoms with Crippen LogP contribution in [0.5, 0.6) is 0 Å². The van der Waals surface area contributed by atoms with Crippen LogP contribution in [0.3, 0.4) is 0 Å². The smallest absolute Gasteiger partial charge is 0.244 e. The zero-order valence-electron chi connectivity index (χ0n) is 12.9. The van der Waals surface area contributed by atoms with Gasteiger partial charge in [0, 0.05) is 13.1 Å². The molecule has 0 aliphatic carbocycles. The first-order valence-electron chi connectivity index (χ1n) is 7.60. The van der Waals surface area contributed by atoms with Gasteiger partial charge >= 0.3 is 0 Å². The molecule has 2 heterocycles. The standard InChI is InChI=1S/C16H21N3O3/c1-11-7-18(8-12(2)22-11)10-16(21)19-9-15(20)17-13-5-3-4-6-14(13)19/h3-6,11-12H,7-10H2,1-2H3,(H,17,20)/t11-,12-/m1/s1. The van der Waals surface area contributed by atoms with Gasteiger partial charge in [0.2, 0.25) is 11.8 Å². The molecule has 2 amide bonds. The average molecular weight is 303 g/mol. The van der Waals surface area contributed by atoms with Crippen LogP contribution in [0.25, 0.3) is 0 Å². The number of ether oxygens (including phenoxy) is 1. The summed E-state index contributed by atoms with van der Waals surface area (Å²) < 4.78 is 5.69. The lowest BCUT2D eigenvalue weighted by Gasteiger charge is -2.36. The van der Waals surface area contributed by atoms with Crippen molar-refractivity contribution in [3.05, 3.63) is 24.3 Å². The Morgan fingerprint density at radius 1 is 1.27 bits per heavy atom. The lowest BCUT2D eigenvalue weighted by Crippen LogP contribution is -2.51. The number of hydrogen-bond donors (Lipinski definition) is 1. The molecule has 1 N–H and O–H groups in total. The van der Waals surface area contributed by atoms with Crippen LogP contribution in [-0.4, -0.2) is 55.1 Å². The summed E-state index contributed by atoms with van der Waals surface area (Å²) in [5, 5.41) is 2.80. The Hall–Kier alpha value is -1.92. The number of carbonyl (C=O) groups excluding carboxylic acids is 2. The molecule has 6 nitrogen and oxygen atoms in total. The second-order valence-corrected chi connectivity index (χ2v) is 6.00. The molecule has 6 heteroatoms. The van der Waals surface area contributed by atoms with Gasteiger partial charge in [-0.1, -0.05) is 12.1 Å². The number of anilines is 2. The van der Waals surface area contributed by atoms with Crippen molar-refractivity contribution in [3.63, 3.8) is 0 Å². The Kier molecular flexibility index (Phi) is 4.13. The second kappa shape index (κ2) is 6.06. The molecule has 3 rings (SSSR count). The van der Waals surface area contributed by atoms with Gasteiger partial charge in [0.15, 0.2) is 0 Å². The van der Waals surface area contributed by atoms with Crippen molar-refractivity contribution >= 4 is 23.2 Å². The summed E-state index contributed by atoms with van der Waals surface area (Å²) in [6, 6.07) is 7.39. The van der Waals surface area contributed by atoms with Gasteiger partial charge in [-0.15, -0.1) is 0 Å². The Morgan fingerprint density at radius 2 is 1.95 bits per heavy atom. The van der Waals surface area contributed by atoms with Crippen molar-refractivity contribution in [2.75, 3.05) is 36.4 Å². The quantitative estimate of drug-likeness (QED) is 0.888. The highest BCUT2D eigenvalue weighted by Crippen LogP contribution is 2.29. The third-order valence-corrected chi connectivity index (χ3v) is 3.93. The molecule has 2 atom stereocenters. The van der Waals surface area contributed by atoms with Crippen LogP contribution in [0.15, 0.2) is 24.3 Å². The summed E-state index contributed by atoms with van der Waals surface area (Å²) in [4.78, 5) is 28.1. The third-order valence-electron chi connectivity index (χ3n) is 3.93. The number of rotatable bonds is 2. The maximum Gasteiger partial charge on any atom is 0.244 e. The van der Waals surface area contributed by atoms with E-state index in [1.807, 2.05) is 38.1 Å². The number of fused-ring (bicyclic) bond motifs is 1. The molecule has 0 radical (unpaired) electrons. The van der Waals surface area contributed by atoms with E-state index >= 15 is 0 Å². The van der Waals surface area contributed by atoms with Crippen molar-refractivity contribution in [2.24, 2.45) is 0 Å². The normalized spacial score (nSPS) is 25.5. The molecule has 1 saturated heterocycles. The minimum Gasteiger partial charge on any atom is -0.373 e. The van der Waals surface area contributed by atoms with Gasteiger partial charge in [-0.05, 0) is 26.0 Å². The first-order valence-corrected chi connectivity index (χ1v) is 7.60. The second-order valence-electron chi connectivity index (χ2n) is 6.00. The molecular weight excluding hydrogens is 282 g/mol. The zero-order chi connectivity index (χ0) is 15.7. The molecule has 1 aromatic rings. The monoisotopic (exact) mass is 303 g/mol. The van der Waals surface area contributed by atoms with Crippen LogP contribution >= 0.6 is 0 Å². The van der Waals surface area contributed by atoms with Crippen LogP contribution in [-0.2, 0) is 14.3 Å². The summed E-state index contributed by atoms with van der Waals surface area (Å²) in [7, 11) is 0. The van der Waals surface area contributed by atoms with Crippen molar-refractivity contribution < 1.29 is 14.3 Å². The number of amides is 2. The SMILES string of the molecule is C[C@@H]1CN(CC(=O)N2CC(=O)Nc3ccccc32)C[C@@H](C)O1. The largest absolute Gasteiger partial charge is 0.373 e. The van der Waals surface area contributed by atoms with Gasteiger partial charge in [-0.3, -0.25) is 19.4 Å². The fourth-order valence-electron chi connectivity index (χ4n) is 3.15. The molecule has 1 fully saturated rings. The van der Waals surface area contributed by atoms with E-state index in [4.69, 9.17) is 4.74 Å². The highest BCUT2D eigenvalue weighted by Gasteiger charge is 2.30. The Morgan fingerprint density at radius 3 is 2.68 bits per heavy atom. The molecule has 0 spiro atoms. The predicted octanol–water partition coefficient (Wildman–Crippen LogP) is 1.08. The van der Waals surface area contributed by atoms with Crippen molar-refractivity contribution in [3.8, 4) is 0 Å². The highest BCUT2D eigenvalue weighted by molar-refractivity contribution is 6.10. The number of carbonyl (C=O) groups is 2. The van der Waals surface area contributed by atoms with Crippen LogP contribution in [0, 0.1) is 0 Å². The number of benzene rings is 1. The summed E-state index contributed by atoms with van der Waals surface area (Å²) in [5.41, 5.74) is 1.46. The fraction of sp³-hybridized carbons (Fsp3) is 0.500. The van der Waals surface area contributed by atoms with E-state index in [0.717, 1.165) is 18.8 Å². The molecule has 0 bridgehead atoms. The minimum atomic E-state index is -0.157. The van der Waals surface area contributed by atoms with E-state index in [0.29, 0.717) is 12.2 Å². The van der Waals surface area contributed by atoms with E-state index in [2.05, 4.69) is 10.2 Å². The number of hydrogen-bond acceptors (Lipinski definition) is 4. The van der Waals surface area contributed by atoms with E-state index in [9.17, 15) is 9.59 Å². The van der Waals surface area contributed by atoms with E-state index < -0.39 is 0 Å². The molecule has 0 unspecified atom stereocenters. The zero-order valence-corrected chi connectivity index (χ0v) is 12.9. The molecule has 0 saturated carbocycles. The summed E-state index contributed by atoms with van der Waals surface area (Å²) in [5.74, 6) is -0.209. The van der Waals surface area contributed by atoms with Crippen LogP contribution in [0.4, 0.5) is 11.4 Å². The summed E-state index contributed by atoms with van der Waals surface area (Å²) in [6.45, 7) is 5.87. The van der Waals surface area contributed by atoms with Crippen molar-refractivity contribution in [2.45, 2.75) is 26.1 Å². The van der Waals surface area contributed by atoms with Gasteiger partial charge in [0.25, 0.3) is 0 Å². The van der Waals surface area contributed by atoms with E-state index in [-0.39, 0.29) is 30.6 Å². The highest BCUT2D eigenvalue weighted by atomic mass is 16.5. The minimum absolute atomic E-state index is 0.0522. The van der Waals surface area contributed by atoms with Crippen LogP contribution in [0.2, 0.25) is 0 Å². The predicted molar refractivity (Wildman–Crippen MR) is 83.9 cm³/mol. The topological polar surface area (TPSA) is 61.9 Å². The number of nitrogens with zero attached hydrogens (tertiary/aromatic N) is 2. The van der Waals surface area contributed by atoms with Gasteiger partial charge < -0.3 is 10.1 Å². The van der Waals surface area contributed by atoms with Crippen molar-refractivity contribution in [1.29, 1.82) is 0 Å². The van der Waals surface area contributed by atoms with Crippen LogP contribution in [0.1, 0.15) is 13.8 Å². The Balaban J connectivity index is 1.74. The molecule has 0 aromatic heterocycles. The van der Waals surface area contributed by atoms with Gasteiger partial charge in [-0.2, -0.15) is 0 Å². The molecule has 2 aliphatic rings. The molecular formula is C16H21N3O3. The Bertz CT molecular complexity index is 580. The number of morpholine rings is 1. The van der Waals surface area contributed by atoms with Gasteiger partial charge in [0.1, 0.15) is 6.54 Å². The molecule has 22 heavy (non-hydrogen) atoms. The fourth-order valence-corrected chi connectivity index (χ4v) is 3.15. The Labute approximate surface area is 130 Å². The van der Waals surface area contributed by atoms with Crippen molar-refractivity contribution in [1.82, 2.24) is 4.90 Å². The third kappa shape index (κ3) is 3.13. The molecule has 2 aliphatic heterocycles. The lowest BCUT2D eigenvalue weighted by atomic mass is 10.2. The maximum absolute atomic E-state index is 12.7. The molecule has 118 valence electrons. The van der Waals surface area contributed by atoms with E-state index in [1.165, 1.54) is 0 Å². The first kappa shape index (κ1) is 15.0. The average Bonchev–Trinajstić information content (AvgIpc) is 2.45. The first-order chi connectivity index (χ1) is 10.5.